The Kier molecular flexibility index (Phi) is 5.45. The molecular formula is C24H22N6O3S. The van der Waals surface area contributed by atoms with Crippen LogP contribution in [-0.2, 0) is 4.79 Å². The average Bonchev–Trinajstić information content (AvgIpc) is 3.39. The monoisotopic (exact) mass is 474 g/mol. The number of aryl methyl sites for hydroxylation is 2. The molecule has 9 nitrogen and oxygen atoms in total. The highest BCUT2D eigenvalue weighted by Crippen LogP contribution is 2.34. The van der Waals surface area contributed by atoms with Crippen LogP contribution in [0.5, 0.6) is 0 Å². The van der Waals surface area contributed by atoms with Crippen LogP contribution in [0.15, 0.2) is 58.6 Å². The molecule has 34 heavy (non-hydrogen) atoms. The molecule has 172 valence electrons. The summed E-state index contributed by atoms with van der Waals surface area (Å²) in [5.41, 5.74) is 9.29. The summed E-state index contributed by atoms with van der Waals surface area (Å²) >= 11 is 1.43. The van der Waals surface area contributed by atoms with Gasteiger partial charge in [-0.15, -0.1) is 0 Å². The lowest BCUT2D eigenvalue weighted by Crippen LogP contribution is -2.28. The standard InChI is InChI=1S/C24H22N6O3S/c1-13-7-8-19(14(2)9-13)30-22-17(11-26-30)23(33)29-15(12-34-24(29)28-22)10-20(31)27-18-6-4-3-5-16(18)21(25)32/h3-9,11,15H,10,12H2,1-2H3,(H2,25,32)(H,27,31). The van der Waals surface area contributed by atoms with Gasteiger partial charge in [-0.25, -0.2) is 9.67 Å². The summed E-state index contributed by atoms with van der Waals surface area (Å²) in [7, 11) is 0. The van der Waals surface area contributed by atoms with Crippen LogP contribution >= 0.6 is 11.8 Å². The Labute approximate surface area is 199 Å². The van der Waals surface area contributed by atoms with E-state index in [1.807, 2.05) is 26.0 Å². The van der Waals surface area contributed by atoms with Gasteiger partial charge < -0.3 is 11.1 Å². The normalized spacial score (nSPS) is 14.8. The van der Waals surface area contributed by atoms with Gasteiger partial charge >= 0.3 is 0 Å². The van der Waals surface area contributed by atoms with E-state index in [0.29, 0.717) is 27.6 Å². The fraction of sp³-hybridized carbons (Fsp3) is 0.208. The number of rotatable bonds is 5. The average molecular weight is 475 g/mol. The molecule has 0 spiro atoms. The number of primary amides is 1. The summed E-state index contributed by atoms with van der Waals surface area (Å²) in [6.45, 7) is 4.02. The zero-order valence-corrected chi connectivity index (χ0v) is 19.4. The molecule has 10 heteroatoms. The van der Waals surface area contributed by atoms with Gasteiger partial charge in [0.25, 0.3) is 11.5 Å². The zero-order chi connectivity index (χ0) is 24.0. The van der Waals surface area contributed by atoms with Crippen molar-refractivity contribution in [1.82, 2.24) is 19.3 Å². The van der Waals surface area contributed by atoms with Gasteiger partial charge in [0.15, 0.2) is 10.8 Å². The van der Waals surface area contributed by atoms with Crippen molar-refractivity contribution in [3.63, 3.8) is 0 Å². The molecule has 5 rings (SSSR count). The van der Waals surface area contributed by atoms with E-state index < -0.39 is 5.91 Å². The highest BCUT2D eigenvalue weighted by atomic mass is 32.2. The van der Waals surface area contributed by atoms with E-state index in [9.17, 15) is 14.4 Å². The topological polar surface area (TPSA) is 125 Å². The molecule has 0 bridgehead atoms. The molecule has 0 fully saturated rings. The van der Waals surface area contributed by atoms with Crippen molar-refractivity contribution in [1.29, 1.82) is 0 Å². The molecule has 2 amide bonds. The number of para-hydroxylation sites is 1. The summed E-state index contributed by atoms with van der Waals surface area (Å²) in [5.74, 6) is -0.400. The molecule has 0 radical (unpaired) electrons. The second kappa shape index (κ2) is 8.45. The maximum absolute atomic E-state index is 13.4. The molecular weight excluding hydrogens is 452 g/mol. The lowest BCUT2D eigenvalue weighted by atomic mass is 10.1. The van der Waals surface area contributed by atoms with E-state index in [4.69, 9.17) is 10.7 Å². The minimum atomic E-state index is -0.624. The molecule has 0 aliphatic carbocycles. The van der Waals surface area contributed by atoms with Gasteiger partial charge in [-0.1, -0.05) is 41.6 Å². The molecule has 0 saturated heterocycles. The Bertz CT molecular complexity index is 1520. The smallest absolute Gasteiger partial charge is 0.265 e. The predicted octanol–water partition coefficient (Wildman–Crippen LogP) is 2.97. The van der Waals surface area contributed by atoms with Crippen LogP contribution in [0.1, 0.15) is 33.9 Å². The van der Waals surface area contributed by atoms with Crippen LogP contribution in [0.4, 0.5) is 5.69 Å². The summed E-state index contributed by atoms with van der Waals surface area (Å²) in [6, 6.07) is 12.2. The molecule has 2 aromatic heterocycles. The van der Waals surface area contributed by atoms with Gasteiger partial charge in [-0.2, -0.15) is 5.10 Å². The van der Waals surface area contributed by atoms with Crippen molar-refractivity contribution in [2.24, 2.45) is 5.73 Å². The van der Waals surface area contributed by atoms with E-state index in [0.717, 1.165) is 16.8 Å². The fourth-order valence-electron chi connectivity index (χ4n) is 4.22. The number of nitrogens with two attached hydrogens (primary N) is 1. The van der Waals surface area contributed by atoms with Crippen LogP contribution in [0, 0.1) is 13.8 Å². The predicted molar refractivity (Wildman–Crippen MR) is 131 cm³/mol. The van der Waals surface area contributed by atoms with Crippen molar-refractivity contribution in [3.05, 3.63) is 75.7 Å². The molecule has 0 saturated carbocycles. The Morgan fingerprint density at radius 3 is 2.76 bits per heavy atom. The first kappa shape index (κ1) is 21.9. The van der Waals surface area contributed by atoms with Crippen LogP contribution in [0.25, 0.3) is 16.7 Å². The van der Waals surface area contributed by atoms with Gasteiger partial charge in [0.2, 0.25) is 5.91 Å². The first-order chi connectivity index (χ1) is 16.3. The van der Waals surface area contributed by atoms with Crippen LogP contribution in [0.3, 0.4) is 0 Å². The van der Waals surface area contributed by atoms with E-state index >= 15 is 0 Å². The number of nitrogens with zero attached hydrogens (tertiary/aromatic N) is 4. The second-order valence-corrected chi connectivity index (χ2v) is 9.27. The lowest BCUT2D eigenvalue weighted by molar-refractivity contribution is -0.116. The number of nitrogens with one attached hydrogen (secondary N) is 1. The summed E-state index contributed by atoms with van der Waals surface area (Å²) < 4.78 is 3.26. The van der Waals surface area contributed by atoms with Gasteiger partial charge in [-0.3, -0.25) is 19.0 Å². The summed E-state index contributed by atoms with van der Waals surface area (Å²) in [6.07, 6.45) is 1.59. The highest BCUT2D eigenvalue weighted by Gasteiger charge is 2.30. The number of fused-ring (bicyclic) bond motifs is 2. The fourth-order valence-corrected chi connectivity index (χ4v) is 5.35. The number of hydrogen-bond acceptors (Lipinski definition) is 6. The van der Waals surface area contributed by atoms with E-state index in [1.54, 1.807) is 33.5 Å². The molecule has 1 atom stereocenters. The largest absolute Gasteiger partial charge is 0.366 e. The van der Waals surface area contributed by atoms with Crippen LogP contribution < -0.4 is 16.6 Å². The van der Waals surface area contributed by atoms with Crippen molar-refractivity contribution < 1.29 is 9.59 Å². The first-order valence-corrected chi connectivity index (χ1v) is 11.7. The summed E-state index contributed by atoms with van der Waals surface area (Å²) in [5, 5.41) is 8.13. The highest BCUT2D eigenvalue weighted by molar-refractivity contribution is 7.99. The Morgan fingerprint density at radius 1 is 1.21 bits per heavy atom. The third kappa shape index (κ3) is 3.75. The number of amides is 2. The minimum absolute atomic E-state index is 0.0609. The SMILES string of the molecule is Cc1ccc(-n2ncc3c(=O)n4c(nc32)SCC4CC(=O)Nc2ccccc2C(N)=O)c(C)c1. The number of anilines is 1. The number of hydrogen-bond donors (Lipinski definition) is 2. The number of carbonyl (C=O) groups is 2. The van der Waals surface area contributed by atoms with E-state index in [-0.39, 0.29) is 29.5 Å². The maximum atomic E-state index is 13.4. The molecule has 4 aromatic rings. The summed E-state index contributed by atoms with van der Waals surface area (Å²) in [4.78, 5) is 42.5. The van der Waals surface area contributed by atoms with Crippen molar-refractivity contribution in [2.75, 3.05) is 11.1 Å². The van der Waals surface area contributed by atoms with E-state index in [2.05, 4.69) is 16.5 Å². The molecule has 1 aliphatic rings. The Hall–Kier alpha value is -3.92. The number of thioether (sulfide) groups is 1. The zero-order valence-electron chi connectivity index (χ0n) is 18.6. The second-order valence-electron chi connectivity index (χ2n) is 8.28. The quantitative estimate of drug-likeness (QED) is 0.429. The Balaban J connectivity index is 1.45. The van der Waals surface area contributed by atoms with Crippen LogP contribution in [0.2, 0.25) is 0 Å². The molecule has 1 aliphatic heterocycles. The first-order valence-electron chi connectivity index (χ1n) is 10.7. The van der Waals surface area contributed by atoms with Crippen molar-refractivity contribution in [3.8, 4) is 5.69 Å². The van der Waals surface area contributed by atoms with Gasteiger partial charge in [0, 0.05) is 12.2 Å². The molecule has 2 aromatic carbocycles. The maximum Gasteiger partial charge on any atom is 0.265 e. The van der Waals surface area contributed by atoms with Gasteiger partial charge in [-0.05, 0) is 37.6 Å². The molecule has 3 N–H and O–H groups in total. The third-order valence-electron chi connectivity index (χ3n) is 5.84. The van der Waals surface area contributed by atoms with Crippen LogP contribution in [-0.4, -0.2) is 36.9 Å². The van der Waals surface area contributed by atoms with Crippen molar-refractivity contribution >= 4 is 40.3 Å². The molecule has 3 heterocycles. The third-order valence-corrected chi connectivity index (χ3v) is 6.94. The number of benzene rings is 2. The van der Waals surface area contributed by atoms with Gasteiger partial charge in [0.05, 0.1) is 29.2 Å². The number of aromatic nitrogens is 4. The Morgan fingerprint density at radius 2 is 2.00 bits per heavy atom. The molecule has 1 unspecified atom stereocenters. The minimum Gasteiger partial charge on any atom is -0.366 e. The van der Waals surface area contributed by atoms with Gasteiger partial charge in [0.1, 0.15) is 5.39 Å². The van der Waals surface area contributed by atoms with Crippen molar-refractivity contribution in [2.45, 2.75) is 31.5 Å². The number of carbonyl (C=O) groups excluding carboxylic acids is 2. The van der Waals surface area contributed by atoms with E-state index in [1.165, 1.54) is 18.0 Å². The lowest BCUT2D eigenvalue weighted by Gasteiger charge is -2.14.